The van der Waals surface area contributed by atoms with Crippen molar-refractivity contribution >= 4 is 5.78 Å². The summed E-state index contributed by atoms with van der Waals surface area (Å²) in [5.41, 5.74) is 0.610. The number of methoxy groups -OCH3 is 1. The van der Waals surface area contributed by atoms with Crippen LogP contribution in [-0.4, -0.2) is 32.7 Å². The Kier molecular flexibility index (Phi) is 3.98. The minimum atomic E-state index is 0.0735. The average molecular weight is 236 g/mol. The van der Waals surface area contributed by atoms with Crippen molar-refractivity contribution in [1.29, 1.82) is 0 Å². The van der Waals surface area contributed by atoms with Crippen LogP contribution in [-0.2, 0) is 4.74 Å². The van der Waals surface area contributed by atoms with Crippen LogP contribution in [0.5, 0.6) is 11.5 Å². The lowest BCUT2D eigenvalue weighted by molar-refractivity contribution is 0.0952. The molecule has 1 aliphatic heterocycles. The van der Waals surface area contributed by atoms with Crippen molar-refractivity contribution < 1.29 is 19.0 Å². The quantitative estimate of drug-likeness (QED) is 0.580. The topological polar surface area (TPSA) is 44.8 Å². The summed E-state index contributed by atoms with van der Waals surface area (Å²) in [6, 6.07) is 5.42. The van der Waals surface area contributed by atoms with Gasteiger partial charge < -0.3 is 14.2 Å². The van der Waals surface area contributed by atoms with Gasteiger partial charge >= 0.3 is 0 Å². The number of carbonyl (C=O) groups excluding carboxylic acids is 1. The van der Waals surface area contributed by atoms with Crippen LogP contribution in [0.1, 0.15) is 23.2 Å². The first-order chi connectivity index (χ1) is 8.33. The van der Waals surface area contributed by atoms with Crippen LogP contribution in [0.4, 0.5) is 0 Å². The van der Waals surface area contributed by atoms with Crippen molar-refractivity contribution in [3.8, 4) is 11.5 Å². The summed E-state index contributed by atoms with van der Waals surface area (Å²) in [4.78, 5) is 12.0. The first kappa shape index (κ1) is 11.9. The number of ketones is 1. The van der Waals surface area contributed by atoms with E-state index in [-0.39, 0.29) is 5.78 Å². The predicted octanol–water partition coefficient (Wildman–Crippen LogP) is 2.07. The number of rotatable bonds is 5. The Morgan fingerprint density at radius 3 is 3.00 bits per heavy atom. The highest BCUT2D eigenvalue weighted by Gasteiger charge is 2.19. The van der Waals surface area contributed by atoms with Gasteiger partial charge in [0.1, 0.15) is 13.2 Å². The smallest absolute Gasteiger partial charge is 0.172 e. The number of hydrogen-bond acceptors (Lipinski definition) is 4. The molecule has 0 amide bonds. The summed E-state index contributed by atoms with van der Waals surface area (Å²) in [6.07, 6.45) is 1.19. The Hall–Kier alpha value is -1.55. The monoisotopic (exact) mass is 236 g/mol. The summed E-state index contributed by atoms with van der Waals surface area (Å²) >= 11 is 0. The van der Waals surface area contributed by atoms with Crippen LogP contribution in [0.3, 0.4) is 0 Å². The van der Waals surface area contributed by atoms with E-state index >= 15 is 0 Å². The highest BCUT2D eigenvalue weighted by Crippen LogP contribution is 2.34. The van der Waals surface area contributed by atoms with Crippen molar-refractivity contribution in [2.45, 2.75) is 12.8 Å². The minimum absolute atomic E-state index is 0.0735. The standard InChI is InChI=1S/C13H16O4/c1-15-7-3-5-11(14)10-4-2-6-12-13(10)17-9-8-16-12/h2,4,6H,3,5,7-9H2,1H3. The lowest BCUT2D eigenvalue weighted by atomic mass is 10.0. The Morgan fingerprint density at radius 2 is 2.18 bits per heavy atom. The second-order valence-electron chi connectivity index (χ2n) is 3.85. The zero-order chi connectivity index (χ0) is 12.1. The Morgan fingerprint density at radius 1 is 1.35 bits per heavy atom. The van der Waals surface area contributed by atoms with Gasteiger partial charge in [0.15, 0.2) is 17.3 Å². The predicted molar refractivity (Wildman–Crippen MR) is 62.9 cm³/mol. The third-order valence-electron chi connectivity index (χ3n) is 2.62. The van der Waals surface area contributed by atoms with E-state index in [4.69, 9.17) is 14.2 Å². The van der Waals surface area contributed by atoms with Gasteiger partial charge in [-0.1, -0.05) is 6.07 Å². The van der Waals surface area contributed by atoms with E-state index in [0.717, 1.165) is 6.42 Å². The van der Waals surface area contributed by atoms with Gasteiger partial charge in [-0.05, 0) is 18.6 Å². The fourth-order valence-corrected chi connectivity index (χ4v) is 1.81. The van der Waals surface area contributed by atoms with E-state index in [1.54, 1.807) is 13.2 Å². The number of ether oxygens (including phenoxy) is 3. The van der Waals surface area contributed by atoms with E-state index < -0.39 is 0 Å². The lowest BCUT2D eigenvalue weighted by Crippen LogP contribution is -2.17. The third kappa shape index (κ3) is 2.77. The number of carbonyl (C=O) groups is 1. The average Bonchev–Trinajstić information content (AvgIpc) is 2.38. The zero-order valence-corrected chi connectivity index (χ0v) is 9.90. The lowest BCUT2D eigenvalue weighted by Gasteiger charge is -2.20. The Labute approximate surface area is 100 Å². The van der Waals surface area contributed by atoms with Crippen LogP contribution in [0.15, 0.2) is 18.2 Å². The van der Waals surface area contributed by atoms with Gasteiger partial charge in [-0.25, -0.2) is 0 Å². The van der Waals surface area contributed by atoms with Crippen LogP contribution in [0.25, 0.3) is 0 Å². The van der Waals surface area contributed by atoms with Crippen LogP contribution >= 0.6 is 0 Å². The molecule has 1 aromatic rings. The molecule has 0 fully saturated rings. The maximum Gasteiger partial charge on any atom is 0.172 e. The molecular formula is C13H16O4. The molecule has 4 nitrogen and oxygen atoms in total. The molecule has 0 atom stereocenters. The summed E-state index contributed by atoms with van der Waals surface area (Å²) in [6.45, 7) is 1.63. The largest absolute Gasteiger partial charge is 0.486 e. The molecule has 0 saturated carbocycles. The molecule has 1 aliphatic rings. The Balaban J connectivity index is 2.12. The van der Waals surface area contributed by atoms with Crippen LogP contribution < -0.4 is 9.47 Å². The van der Waals surface area contributed by atoms with E-state index in [2.05, 4.69) is 0 Å². The number of hydrogen-bond donors (Lipinski definition) is 0. The normalized spacial score (nSPS) is 13.5. The summed E-state index contributed by atoms with van der Waals surface area (Å²) < 4.78 is 15.9. The second-order valence-corrected chi connectivity index (χ2v) is 3.85. The molecule has 0 bridgehead atoms. The summed E-state index contributed by atoms with van der Waals surface area (Å²) in [5.74, 6) is 1.32. The molecule has 92 valence electrons. The molecule has 1 aromatic carbocycles. The first-order valence-corrected chi connectivity index (χ1v) is 5.73. The SMILES string of the molecule is COCCCC(=O)c1cccc2c1OCCO2. The number of benzene rings is 1. The third-order valence-corrected chi connectivity index (χ3v) is 2.62. The van der Waals surface area contributed by atoms with Crippen molar-refractivity contribution in [3.63, 3.8) is 0 Å². The van der Waals surface area contributed by atoms with Gasteiger partial charge in [-0.3, -0.25) is 4.79 Å². The molecular weight excluding hydrogens is 220 g/mol. The van der Waals surface area contributed by atoms with E-state index in [9.17, 15) is 4.79 Å². The summed E-state index contributed by atoms with van der Waals surface area (Å²) in [5, 5.41) is 0. The van der Waals surface area contributed by atoms with Gasteiger partial charge in [0.2, 0.25) is 0 Å². The number of Topliss-reactive ketones (excluding diaryl/α,β-unsaturated/α-hetero) is 1. The molecule has 0 unspecified atom stereocenters. The van der Waals surface area contributed by atoms with E-state index in [0.29, 0.717) is 43.3 Å². The highest BCUT2D eigenvalue weighted by molar-refractivity contribution is 5.99. The fourth-order valence-electron chi connectivity index (χ4n) is 1.81. The van der Waals surface area contributed by atoms with Crippen molar-refractivity contribution in [3.05, 3.63) is 23.8 Å². The van der Waals surface area contributed by atoms with Gasteiger partial charge in [0, 0.05) is 20.1 Å². The van der Waals surface area contributed by atoms with Crippen LogP contribution in [0.2, 0.25) is 0 Å². The first-order valence-electron chi connectivity index (χ1n) is 5.73. The molecule has 0 radical (unpaired) electrons. The highest BCUT2D eigenvalue weighted by atomic mass is 16.6. The molecule has 0 N–H and O–H groups in total. The van der Waals surface area contributed by atoms with Gasteiger partial charge in [-0.2, -0.15) is 0 Å². The van der Waals surface area contributed by atoms with Gasteiger partial charge in [0.05, 0.1) is 5.56 Å². The van der Waals surface area contributed by atoms with Crippen molar-refractivity contribution in [1.82, 2.24) is 0 Å². The van der Waals surface area contributed by atoms with Gasteiger partial charge in [0.25, 0.3) is 0 Å². The molecule has 2 rings (SSSR count). The van der Waals surface area contributed by atoms with Gasteiger partial charge in [-0.15, -0.1) is 0 Å². The molecule has 0 spiro atoms. The Bertz CT molecular complexity index is 400. The number of para-hydroxylation sites is 1. The van der Waals surface area contributed by atoms with Crippen molar-refractivity contribution in [2.24, 2.45) is 0 Å². The second kappa shape index (κ2) is 5.68. The maximum atomic E-state index is 12.0. The van der Waals surface area contributed by atoms with Crippen molar-refractivity contribution in [2.75, 3.05) is 26.9 Å². The molecule has 0 aliphatic carbocycles. The molecule has 4 heteroatoms. The molecule has 0 saturated heterocycles. The maximum absolute atomic E-state index is 12.0. The number of fused-ring (bicyclic) bond motifs is 1. The summed E-state index contributed by atoms with van der Waals surface area (Å²) in [7, 11) is 1.63. The minimum Gasteiger partial charge on any atom is -0.486 e. The molecule has 1 heterocycles. The molecule has 17 heavy (non-hydrogen) atoms. The van der Waals surface area contributed by atoms with E-state index in [1.807, 2.05) is 12.1 Å². The van der Waals surface area contributed by atoms with E-state index in [1.165, 1.54) is 0 Å². The van der Waals surface area contributed by atoms with Crippen LogP contribution in [0, 0.1) is 0 Å². The molecule has 0 aromatic heterocycles. The zero-order valence-electron chi connectivity index (χ0n) is 9.90. The fraction of sp³-hybridized carbons (Fsp3) is 0.462.